The van der Waals surface area contributed by atoms with Gasteiger partial charge in [-0.3, -0.25) is 0 Å². The molecule has 4 nitrogen and oxygen atoms in total. The van der Waals surface area contributed by atoms with Gasteiger partial charge in [0.15, 0.2) is 0 Å². The third-order valence-corrected chi connectivity index (χ3v) is 4.08. The molecule has 0 unspecified atom stereocenters. The number of rotatable bonds is 4. The maximum absolute atomic E-state index is 4.43. The molecule has 3 aromatic rings. The summed E-state index contributed by atoms with van der Waals surface area (Å²) >= 11 is 0. The first-order valence-corrected chi connectivity index (χ1v) is 7.44. The van der Waals surface area contributed by atoms with E-state index in [1.807, 2.05) is 6.92 Å². The molecular formula is C17H22N4. The molecule has 0 spiro atoms. The first-order chi connectivity index (χ1) is 10.1. The highest BCUT2D eigenvalue weighted by Crippen LogP contribution is 2.20. The number of fused-ring (bicyclic) bond motifs is 1. The van der Waals surface area contributed by atoms with Crippen molar-refractivity contribution in [2.75, 3.05) is 5.32 Å². The first-order valence-electron chi connectivity index (χ1n) is 7.44. The number of benzene rings is 1. The molecule has 3 rings (SSSR count). The highest BCUT2D eigenvalue weighted by atomic mass is 15.0. The zero-order chi connectivity index (χ0) is 15.0. The molecular weight excluding hydrogens is 260 g/mol. The van der Waals surface area contributed by atoms with E-state index in [-0.39, 0.29) is 0 Å². The molecule has 110 valence electrons. The summed E-state index contributed by atoms with van der Waals surface area (Å²) in [7, 11) is 0. The summed E-state index contributed by atoms with van der Waals surface area (Å²) < 4.78 is 2.35. The van der Waals surface area contributed by atoms with Crippen LogP contribution in [0.4, 0.5) is 5.69 Å². The number of aryl methyl sites for hydroxylation is 2. The number of nitrogens with one attached hydrogen (secondary N) is 2. The molecule has 0 aliphatic heterocycles. The molecule has 0 fully saturated rings. The molecule has 0 radical (unpaired) electrons. The molecule has 0 amide bonds. The quantitative estimate of drug-likeness (QED) is 0.761. The second-order valence-corrected chi connectivity index (χ2v) is 5.55. The Labute approximate surface area is 125 Å². The lowest BCUT2D eigenvalue weighted by atomic mass is 10.2. The lowest BCUT2D eigenvalue weighted by Gasteiger charge is -2.08. The zero-order valence-electron chi connectivity index (χ0n) is 13.1. The predicted octanol–water partition coefficient (Wildman–Crippen LogP) is 3.92. The van der Waals surface area contributed by atoms with Crippen LogP contribution in [0.2, 0.25) is 0 Å². The van der Waals surface area contributed by atoms with Gasteiger partial charge < -0.3 is 14.9 Å². The number of hydrogen-bond acceptors (Lipinski definition) is 2. The van der Waals surface area contributed by atoms with Gasteiger partial charge in [-0.15, -0.1) is 0 Å². The van der Waals surface area contributed by atoms with Crippen molar-refractivity contribution in [3.63, 3.8) is 0 Å². The summed E-state index contributed by atoms with van der Waals surface area (Å²) in [6, 6.07) is 8.52. The third kappa shape index (κ3) is 2.53. The molecule has 4 heteroatoms. The van der Waals surface area contributed by atoms with E-state index in [0.29, 0.717) is 0 Å². The van der Waals surface area contributed by atoms with E-state index in [9.17, 15) is 0 Å². The molecule has 21 heavy (non-hydrogen) atoms. The van der Waals surface area contributed by atoms with Gasteiger partial charge >= 0.3 is 0 Å². The second-order valence-electron chi connectivity index (χ2n) is 5.55. The summed E-state index contributed by atoms with van der Waals surface area (Å²) in [5, 5.41) is 3.51. The van der Waals surface area contributed by atoms with Crippen molar-refractivity contribution in [2.45, 2.75) is 40.8 Å². The molecule has 0 saturated carbocycles. The normalized spacial score (nSPS) is 11.2. The second kappa shape index (κ2) is 5.28. The lowest BCUT2D eigenvalue weighted by molar-refractivity contribution is 0.715. The van der Waals surface area contributed by atoms with Crippen LogP contribution < -0.4 is 5.32 Å². The van der Waals surface area contributed by atoms with Gasteiger partial charge in [-0.25, -0.2) is 4.98 Å². The monoisotopic (exact) mass is 282 g/mol. The van der Waals surface area contributed by atoms with Crippen LogP contribution >= 0.6 is 0 Å². The summed E-state index contributed by atoms with van der Waals surface area (Å²) in [5.74, 6) is 0.952. The van der Waals surface area contributed by atoms with Crippen molar-refractivity contribution in [1.82, 2.24) is 14.5 Å². The maximum atomic E-state index is 4.43. The van der Waals surface area contributed by atoms with Crippen molar-refractivity contribution in [2.24, 2.45) is 0 Å². The number of aromatic amines is 1. The number of nitrogens with zero attached hydrogens (tertiary/aromatic N) is 2. The average molecular weight is 282 g/mol. The Bertz CT molecular complexity index is 780. The van der Waals surface area contributed by atoms with Crippen LogP contribution in [-0.4, -0.2) is 14.5 Å². The molecule has 2 N–H and O–H groups in total. The highest BCUT2D eigenvalue weighted by molar-refractivity contribution is 5.79. The molecule has 0 atom stereocenters. The van der Waals surface area contributed by atoms with Gasteiger partial charge in [0.05, 0.1) is 11.0 Å². The Hall–Kier alpha value is -2.23. The standard InChI is InChI=1S/C17H22N4/c1-5-21-11(2)8-14(12(21)3)10-18-15-6-7-16-17(9-15)20-13(4)19-16/h6-9,18H,5,10H2,1-4H3,(H,19,20). The molecule has 2 heterocycles. The smallest absolute Gasteiger partial charge is 0.104 e. The van der Waals surface area contributed by atoms with Crippen LogP contribution in [0.5, 0.6) is 0 Å². The molecule has 0 saturated heterocycles. The summed E-state index contributed by atoms with van der Waals surface area (Å²) in [4.78, 5) is 7.70. The molecule has 0 aliphatic rings. The molecule has 2 aromatic heterocycles. The van der Waals surface area contributed by atoms with Gasteiger partial charge in [-0.1, -0.05) is 0 Å². The van der Waals surface area contributed by atoms with Crippen molar-refractivity contribution in [3.8, 4) is 0 Å². The van der Waals surface area contributed by atoms with E-state index in [1.54, 1.807) is 0 Å². The van der Waals surface area contributed by atoms with Gasteiger partial charge in [0, 0.05) is 30.2 Å². The largest absolute Gasteiger partial charge is 0.381 e. The highest BCUT2D eigenvalue weighted by Gasteiger charge is 2.07. The summed E-state index contributed by atoms with van der Waals surface area (Å²) in [6.07, 6.45) is 0. The fraction of sp³-hybridized carbons (Fsp3) is 0.353. The Morgan fingerprint density at radius 1 is 1.19 bits per heavy atom. The van der Waals surface area contributed by atoms with E-state index < -0.39 is 0 Å². The van der Waals surface area contributed by atoms with E-state index in [1.165, 1.54) is 17.0 Å². The zero-order valence-corrected chi connectivity index (χ0v) is 13.1. The van der Waals surface area contributed by atoms with Crippen LogP contribution in [0.15, 0.2) is 24.3 Å². The molecule has 0 aliphatic carbocycles. The number of hydrogen-bond donors (Lipinski definition) is 2. The number of anilines is 1. The van der Waals surface area contributed by atoms with Crippen LogP contribution in [-0.2, 0) is 13.1 Å². The fourth-order valence-corrected chi connectivity index (χ4v) is 2.98. The number of aromatic nitrogens is 3. The number of H-pyrrole nitrogens is 1. The van der Waals surface area contributed by atoms with E-state index in [0.717, 1.165) is 35.6 Å². The Balaban J connectivity index is 1.79. The van der Waals surface area contributed by atoms with E-state index in [2.05, 4.69) is 64.9 Å². The Morgan fingerprint density at radius 3 is 2.71 bits per heavy atom. The van der Waals surface area contributed by atoms with Crippen molar-refractivity contribution in [1.29, 1.82) is 0 Å². The molecule has 0 bridgehead atoms. The average Bonchev–Trinajstić information content (AvgIpc) is 2.95. The van der Waals surface area contributed by atoms with Crippen molar-refractivity contribution >= 4 is 16.7 Å². The Kier molecular flexibility index (Phi) is 3.45. The van der Waals surface area contributed by atoms with Crippen molar-refractivity contribution in [3.05, 3.63) is 47.0 Å². The topological polar surface area (TPSA) is 45.6 Å². The van der Waals surface area contributed by atoms with Crippen molar-refractivity contribution < 1.29 is 0 Å². The van der Waals surface area contributed by atoms with Gasteiger partial charge in [0.25, 0.3) is 0 Å². The number of imidazole rings is 1. The van der Waals surface area contributed by atoms with E-state index >= 15 is 0 Å². The molecule has 1 aromatic carbocycles. The maximum Gasteiger partial charge on any atom is 0.104 e. The van der Waals surface area contributed by atoms with Crippen LogP contribution in [0.25, 0.3) is 11.0 Å². The van der Waals surface area contributed by atoms with Crippen LogP contribution in [0.3, 0.4) is 0 Å². The van der Waals surface area contributed by atoms with Gasteiger partial charge in [-0.2, -0.15) is 0 Å². The SMILES string of the molecule is CCn1c(C)cc(CNc2ccc3nc(C)[nH]c3c2)c1C. The minimum Gasteiger partial charge on any atom is -0.381 e. The Morgan fingerprint density at radius 2 is 2.00 bits per heavy atom. The minimum absolute atomic E-state index is 0.846. The van der Waals surface area contributed by atoms with Gasteiger partial charge in [0.2, 0.25) is 0 Å². The first kappa shape index (κ1) is 13.7. The van der Waals surface area contributed by atoms with Gasteiger partial charge in [0.1, 0.15) is 5.82 Å². The summed E-state index contributed by atoms with van der Waals surface area (Å²) in [5.41, 5.74) is 7.24. The van der Waals surface area contributed by atoms with E-state index in [4.69, 9.17) is 0 Å². The fourth-order valence-electron chi connectivity index (χ4n) is 2.98. The van der Waals surface area contributed by atoms with Crippen LogP contribution in [0, 0.1) is 20.8 Å². The third-order valence-electron chi connectivity index (χ3n) is 4.08. The van der Waals surface area contributed by atoms with Gasteiger partial charge in [-0.05, 0) is 57.5 Å². The lowest BCUT2D eigenvalue weighted by Crippen LogP contribution is -2.03. The minimum atomic E-state index is 0.846. The predicted molar refractivity (Wildman–Crippen MR) is 87.7 cm³/mol. The van der Waals surface area contributed by atoms with Crippen LogP contribution in [0.1, 0.15) is 29.7 Å². The summed E-state index contributed by atoms with van der Waals surface area (Å²) in [6.45, 7) is 10.4.